The van der Waals surface area contributed by atoms with E-state index in [0.29, 0.717) is 13.1 Å². The minimum atomic E-state index is -0.100. The van der Waals surface area contributed by atoms with Crippen molar-refractivity contribution in [3.63, 3.8) is 0 Å². The lowest BCUT2D eigenvalue weighted by Gasteiger charge is -2.16. The summed E-state index contributed by atoms with van der Waals surface area (Å²) in [5, 5.41) is 13.2. The molecule has 0 atom stereocenters. The van der Waals surface area contributed by atoms with E-state index in [0.717, 1.165) is 34.0 Å². The first kappa shape index (κ1) is 17.2. The first-order valence-electron chi connectivity index (χ1n) is 8.73. The number of amides is 2. The summed E-state index contributed by atoms with van der Waals surface area (Å²) in [5.74, 6) is 0. The molecule has 1 aliphatic rings. The standard InChI is InChI=1S/C18H21N5OS2/c1-23(11-16-21-13-5-2-3-6-14(13)26-16)18(24)19-9-12-10-20-22-17(12)15-7-4-8-25-15/h4,7-8,10H,2-3,5-6,9,11H2,1H3,(H,19,24)(H,20,22). The van der Waals surface area contributed by atoms with Crippen molar-refractivity contribution in [3.8, 4) is 10.6 Å². The number of carbonyl (C=O) groups is 1. The first-order valence-corrected chi connectivity index (χ1v) is 10.4. The van der Waals surface area contributed by atoms with Crippen molar-refractivity contribution >= 4 is 28.7 Å². The molecular weight excluding hydrogens is 366 g/mol. The van der Waals surface area contributed by atoms with Gasteiger partial charge in [-0.2, -0.15) is 5.10 Å². The van der Waals surface area contributed by atoms with Gasteiger partial charge in [-0.1, -0.05) is 6.07 Å². The van der Waals surface area contributed by atoms with Gasteiger partial charge >= 0.3 is 6.03 Å². The van der Waals surface area contributed by atoms with Crippen LogP contribution in [-0.4, -0.2) is 33.2 Å². The Hall–Kier alpha value is -2.19. The van der Waals surface area contributed by atoms with Gasteiger partial charge < -0.3 is 10.2 Å². The number of aromatic amines is 1. The Morgan fingerprint density at radius 3 is 3.08 bits per heavy atom. The molecule has 3 heterocycles. The monoisotopic (exact) mass is 387 g/mol. The highest BCUT2D eigenvalue weighted by Crippen LogP contribution is 2.27. The van der Waals surface area contributed by atoms with E-state index < -0.39 is 0 Å². The number of nitrogens with zero attached hydrogens (tertiary/aromatic N) is 3. The number of carbonyl (C=O) groups excluding carboxylic acids is 1. The van der Waals surface area contributed by atoms with E-state index in [1.54, 1.807) is 33.8 Å². The maximum atomic E-state index is 12.4. The zero-order valence-corrected chi connectivity index (χ0v) is 16.3. The highest BCUT2D eigenvalue weighted by atomic mass is 32.1. The molecule has 3 aromatic rings. The van der Waals surface area contributed by atoms with E-state index in [1.807, 2.05) is 24.6 Å². The Morgan fingerprint density at radius 1 is 1.38 bits per heavy atom. The van der Waals surface area contributed by atoms with Crippen LogP contribution in [0.15, 0.2) is 23.7 Å². The van der Waals surface area contributed by atoms with Gasteiger partial charge in [0.1, 0.15) is 5.01 Å². The average Bonchev–Trinajstić information content (AvgIpc) is 3.37. The highest BCUT2D eigenvalue weighted by molar-refractivity contribution is 7.13. The van der Waals surface area contributed by atoms with Gasteiger partial charge in [0.25, 0.3) is 0 Å². The summed E-state index contributed by atoms with van der Waals surface area (Å²) < 4.78 is 0. The van der Waals surface area contributed by atoms with Crippen molar-refractivity contribution in [1.82, 2.24) is 25.4 Å². The third-order valence-electron chi connectivity index (χ3n) is 4.52. The smallest absolute Gasteiger partial charge is 0.317 e. The minimum Gasteiger partial charge on any atom is -0.334 e. The van der Waals surface area contributed by atoms with Crippen molar-refractivity contribution in [3.05, 3.63) is 44.9 Å². The molecule has 0 aromatic carbocycles. The number of thiophene rings is 1. The van der Waals surface area contributed by atoms with Gasteiger partial charge in [-0.05, 0) is 37.1 Å². The summed E-state index contributed by atoms with van der Waals surface area (Å²) >= 11 is 3.40. The van der Waals surface area contributed by atoms with Crippen molar-refractivity contribution < 1.29 is 4.79 Å². The van der Waals surface area contributed by atoms with Gasteiger partial charge in [0.05, 0.1) is 29.0 Å². The number of nitrogens with one attached hydrogen (secondary N) is 2. The molecule has 136 valence electrons. The number of fused-ring (bicyclic) bond motifs is 1. The molecule has 0 saturated heterocycles. The Bertz CT molecular complexity index is 860. The molecule has 6 nitrogen and oxygen atoms in total. The summed E-state index contributed by atoms with van der Waals surface area (Å²) in [5.41, 5.74) is 3.19. The third-order valence-corrected chi connectivity index (χ3v) is 6.55. The fraction of sp³-hybridized carbons (Fsp3) is 0.389. The van der Waals surface area contributed by atoms with Crippen molar-refractivity contribution in [1.29, 1.82) is 0 Å². The lowest BCUT2D eigenvalue weighted by Crippen LogP contribution is -2.36. The number of urea groups is 1. The zero-order valence-electron chi connectivity index (χ0n) is 14.6. The van der Waals surface area contributed by atoms with Crippen molar-refractivity contribution in [2.24, 2.45) is 0 Å². The van der Waals surface area contributed by atoms with Crippen LogP contribution in [0.2, 0.25) is 0 Å². The van der Waals surface area contributed by atoms with Gasteiger partial charge in [0.15, 0.2) is 0 Å². The molecule has 26 heavy (non-hydrogen) atoms. The van der Waals surface area contributed by atoms with Gasteiger partial charge in [-0.15, -0.1) is 22.7 Å². The summed E-state index contributed by atoms with van der Waals surface area (Å²) in [7, 11) is 1.81. The Kier molecular flexibility index (Phi) is 5.03. The molecule has 0 unspecified atom stereocenters. The molecule has 8 heteroatoms. The molecule has 0 saturated carbocycles. The lowest BCUT2D eigenvalue weighted by molar-refractivity contribution is 0.206. The second-order valence-electron chi connectivity index (χ2n) is 6.45. The molecule has 0 radical (unpaired) electrons. The Morgan fingerprint density at radius 2 is 2.27 bits per heavy atom. The Labute approximate surface area is 160 Å². The number of hydrogen-bond donors (Lipinski definition) is 2. The summed E-state index contributed by atoms with van der Waals surface area (Å²) in [6.07, 6.45) is 6.46. The molecule has 3 aromatic heterocycles. The van der Waals surface area contributed by atoms with E-state index in [-0.39, 0.29) is 6.03 Å². The van der Waals surface area contributed by atoms with Crippen LogP contribution in [0.1, 0.15) is 34.0 Å². The number of aryl methyl sites for hydroxylation is 2. The average molecular weight is 388 g/mol. The first-order chi connectivity index (χ1) is 12.7. The number of H-pyrrole nitrogens is 1. The van der Waals surface area contributed by atoms with E-state index >= 15 is 0 Å². The number of rotatable bonds is 5. The molecule has 1 aliphatic carbocycles. The zero-order chi connectivity index (χ0) is 17.9. The number of hydrogen-bond acceptors (Lipinski definition) is 5. The van der Waals surface area contributed by atoms with Gasteiger partial charge in [-0.3, -0.25) is 5.10 Å². The highest BCUT2D eigenvalue weighted by Gasteiger charge is 2.18. The van der Waals surface area contributed by atoms with E-state index in [1.165, 1.54) is 23.4 Å². The third kappa shape index (κ3) is 3.66. The van der Waals surface area contributed by atoms with E-state index in [9.17, 15) is 4.79 Å². The minimum absolute atomic E-state index is 0.100. The van der Waals surface area contributed by atoms with Crippen LogP contribution in [0.3, 0.4) is 0 Å². The van der Waals surface area contributed by atoms with Crippen LogP contribution < -0.4 is 5.32 Å². The van der Waals surface area contributed by atoms with Crippen LogP contribution in [0.5, 0.6) is 0 Å². The normalized spacial score (nSPS) is 13.4. The predicted octanol–water partition coefficient (Wildman–Crippen LogP) is 3.82. The van der Waals surface area contributed by atoms with Crippen LogP contribution in [0, 0.1) is 0 Å². The number of aromatic nitrogens is 3. The van der Waals surface area contributed by atoms with Crippen LogP contribution in [0.25, 0.3) is 10.6 Å². The summed E-state index contributed by atoms with van der Waals surface area (Å²) in [6, 6.07) is 3.95. The van der Waals surface area contributed by atoms with Crippen LogP contribution in [-0.2, 0) is 25.9 Å². The second-order valence-corrected chi connectivity index (χ2v) is 8.56. The summed E-state index contributed by atoms with van der Waals surface area (Å²) in [4.78, 5) is 21.4. The van der Waals surface area contributed by atoms with Crippen molar-refractivity contribution in [2.75, 3.05) is 7.05 Å². The molecule has 0 aliphatic heterocycles. The van der Waals surface area contributed by atoms with Crippen molar-refractivity contribution in [2.45, 2.75) is 38.8 Å². The van der Waals surface area contributed by atoms with Gasteiger partial charge in [-0.25, -0.2) is 9.78 Å². The SMILES string of the molecule is CN(Cc1nc2c(s1)CCCC2)C(=O)NCc1cn[nH]c1-c1cccs1. The maximum Gasteiger partial charge on any atom is 0.317 e. The molecule has 0 bridgehead atoms. The largest absolute Gasteiger partial charge is 0.334 e. The topological polar surface area (TPSA) is 73.9 Å². The second kappa shape index (κ2) is 7.59. The molecule has 0 fully saturated rings. The number of thiazole rings is 1. The van der Waals surface area contributed by atoms with Gasteiger partial charge in [0, 0.05) is 24.0 Å². The molecule has 0 spiro atoms. The van der Waals surface area contributed by atoms with Crippen LogP contribution >= 0.6 is 22.7 Å². The van der Waals surface area contributed by atoms with E-state index in [2.05, 4.69) is 15.5 Å². The molecule has 4 rings (SSSR count). The van der Waals surface area contributed by atoms with E-state index in [4.69, 9.17) is 4.98 Å². The fourth-order valence-electron chi connectivity index (χ4n) is 3.13. The predicted molar refractivity (Wildman–Crippen MR) is 104 cm³/mol. The molecule has 2 amide bonds. The lowest BCUT2D eigenvalue weighted by atomic mass is 10.0. The Balaban J connectivity index is 1.35. The molecule has 2 N–H and O–H groups in total. The fourth-order valence-corrected chi connectivity index (χ4v) is 5.10. The molecular formula is C18H21N5OS2. The van der Waals surface area contributed by atoms with Gasteiger partial charge in [0.2, 0.25) is 0 Å². The van der Waals surface area contributed by atoms with Crippen LogP contribution in [0.4, 0.5) is 4.79 Å². The quantitative estimate of drug-likeness (QED) is 0.699. The summed E-state index contributed by atoms with van der Waals surface area (Å²) in [6.45, 7) is 0.994. The maximum absolute atomic E-state index is 12.4.